The molecule has 0 aliphatic heterocycles. The number of halogens is 1. The third kappa shape index (κ3) is 2.58. The lowest BCUT2D eigenvalue weighted by molar-refractivity contribution is -0.145. The van der Waals surface area contributed by atoms with E-state index in [9.17, 15) is 14.3 Å². The van der Waals surface area contributed by atoms with Crippen LogP contribution in [0.1, 0.15) is 50.5 Å². The minimum absolute atomic E-state index is 0.259. The van der Waals surface area contributed by atoms with Crippen molar-refractivity contribution < 1.29 is 14.3 Å². The van der Waals surface area contributed by atoms with Crippen LogP contribution in [0, 0.1) is 5.82 Å². The summed E-state index contributed by atoms with van der Waals surface area (Å²) in [5.74, 6) is -1.07. The first-order valence-corrected chi connectivity index (χ1v) is 8.20. The average molecular weight is 294 g/mol. The monoisotopic (exact) mass is 294 g/mol. The molecule has 0 radical (unpaired) electrons. The molecule has 2 nitrogen and oxygen atoms in total. The molecule has 0 bridgehead atoms. The maximum Gasteiger partial charge on any atom is 0.314 e. The zero-order valence-corrected chi connectivity index (χ0v) is 12.2. The van der Waals surface area contributed by atoms with Crippen molar-refractivity contribution in [1.82, 2.24) is 0 Å². The van der Waals surface area contributed by atoms with Crippen LogP contribution in [0.3, 0.4) is 0 Å². The molecule has 0 saturated heterocycles. The van der Waals surface area contributed by atoms with E-state index in [1.54, 1.807) is 17.8 Å². The Morgan fingerprint density at radius 3 is 2.50 bits per heavy atom. The number of hydrogen-bond donors (Lipinski definition) is 1. The highest BCUT2D eigenvalue weighted by Crippen LogP contribution is 2.43. The van der Waals surface area contributed by atoms with Gasteiger partial charge in [0, 0.05) is 10.1 Å². The zero-order valence-electron chi connectivity index (χ0n) is 11.4. The summed E-state index contributed by atoms with van der Waals surface area (Å²) in [4.78, 5) is 12.4. The van der Waals surface area contributed by atoms with Gasteiger partial charge in [-0.25, -0.2) is 4.39 Å². The minimum atomic E-state index is -0.873. The van der Waals surface area contributed by atoms with Gasteiger partial charge in [0.15, 0.2) is 0 Å². The Hall–Kier alpha value is -1.03. The van der Waals surface area contributed by atoms with Gasteiger partial charge in [-0.05, 0) is 43.4 Å². The van der Waals surface area contributed by atoms with E-state index < -0.39 is 11.4 Å². The molecular weight excluding hydrogens is 275 g/mol. The summed E-state index contributed by atoms with van der Waals surface area (Å²) >= 11 is 1.58. The van der Waals surface area contributed by atoms with Crippen LogP contribution in [-0.2, 0) is 10.2 Å². The van der Waals surface area contributed by atoms with Crippen LogP contribution >= 0.6 is 11.8 Å². The van der Waals surface area contributed by atoms with Gasteiger partial charge < -0.3 is 5.11 Å². The van der Waals surface area contributed by atoms with Gasteiger partial charge in [0.1, 0.15) is 5.82 Å². The summed E-state index contributed by atoms with van der Waals surface area (Å²) in [6.45, 7) is 0. The van der Waals surface area contributed by atoms with Crippen LogP contribution < -0.4 is 0 Å². The molecule has 0 atom stereocenters. The molecule has 4 heteroatoms. The second-order valence-corrected chi connectivity index (χ2v) is 7.25. The molecule has 0 heterocycles. The SMILES string of the molecule is O=C(O)C1(c2ccc(SC3CC3)c(F)c2)CCCCC1. The molecule has 0 unspecified atom stereocenters. The molecule has 0 amide bonds. The van der Waals surface area contributed by atoms with Crippen LogP contribution in [0.2, 0.25) is 0 Å². The van der Waals surface area contributed by atoms with Gasteiger partial charge in [0.05, 0.1) is 5.41 Å². The molecule has 1 N–H and O–H groups in total. The van der Waals surface area contributed by atoms with Crippen LogP contribution in [0.5, 0.6) is 0 Å². The Kier molecular flexibility index (Phi) is 3.76. The fourth-order valence-electron chi connectivity index (χ4n) is 3.04. The topological polar surface area (TPSA) is 37.3 Å². The lowest BCUT2D eigenvalue weighted by atomic mass is 9.69. The molecule has 2 saturated carbocycles. The summed E-state index contributed by atoms with van der Waals surface area (Å²) < 4.78 is 14.2. The van der Waals surface area contributed by atoms with Crippen molar-refractivity contribution in [2.45, 2.75) is 60.5 Å². The number of carboxylic acid groups (broad SMARTS) is 1. The summed E-state index contributed by atoms with van der Waals surface area (Å²) in [5.41, 5.74) is -0.232. The van der Waals surface area contributed by atoms with Gasteiger partial charge in [-0.1, -0.05) is 25.3 Å². The Bertz CT molecular complexity index is 519. The Morgan fingerprint density at radius 1 is 1.25 bits per heavy atom. The van der Waals surface area contributed by atoms with E-state index in [0.717, 1.165) is 32.1 Å². The zero-order chi connectivity index (χ0) is 14.2. The lowest BCUT2D eigenvalue weighted by Gasteiger charge is -2.33. The molecule has 0 aromatic heterocycles. The summed E-state index contributed by atoms with van der Waals surface area (Å²) in [5, 5.41) is 10.2. The largest absolute Gasteiger partial charge is 0.481 e. The predicted molar refractivity (Wildman–Crippen MR) is 77.7 cm³/mol. The molecule has 108 valence electrons. The summed E-state index contributed by atoms with van der Waals surface area (Å²) in [6.07, 6.45) is 6.45. The highest BCUT2D eigenvalue weighted by molar-refractivity contribution is 8.00. The molecule has 0 spiro atoms. The third-order valence-electron chi connectivity index (χ3n) is 4.42. The van der Waals surface area contributed by atoms with Gasteiger partial charge in [0.2, 0.25) is 0 Å². The quantitative estimate of drug-likeness (QED) is 0.896. The third-order valence-corrected chi connectivity index (χ3v) is 5.81. The molecule has 1 aromatic carbocycles. The summed E-state index contributed by atoms with van der Waals surface area (Å²) in [7, 11) is 0. The van der Waals surface area contributed by atoms with Crippen molar-refractivity contribution in [3.05, 3.63) is 29.6 Å². The van der Waals surface area contributed by atoms with Crippen molar-refractivity contribution in [2.75, 3.05) is 0 Å². The number of carboxylic acids is 1. The van der Waals surface area contributed by atoms with E-state index in [2.05, 4.69) is 0 Å². The second kappa shape index (κ2) is 5.40. The van der Waals surface area contributed by atoms with Gasteiger partial charge in [-0.15, -0.1) is 11.8 Å². The van der Waals surface area contributed by atoms with Crippen LogP contribution in [0.15, 0.2) is 23.1 Å². The molecule has 2 aliphatic rings. The van der Waals surface area contributed by atoms with Crippen LogP contribution in [0.4, 0.5) is 4.39 Å². The van der Waals surface area contributed by atoms with Crippen molar-refractivity contribution in [1.29, 1.82) is 0 Å². The molecule has 1 aromatic rings. The summed E-state index contributed by atoms with van der Waals surface area (Å²) in [6, 6.07) is 5.06. The van der Waals surface area contributed by atoms with Gasteiger partial charge in [-0.3, -0.25) is 4.79 Å². The van der Waals surface area contributed by atoms with E-state index >= 15 is 0 Å². The van der Waals surface area contributed by atoms with Gasteiger partial charge in [-0.2, -0.15) is 0 Å². The van der Waals surface area contributed by atoms with Crippen molar-refractivity contribution in [2.24, 2.45) is 0 Å². The first kappa shape index (κ1) is 13.9. The number of thioether (sulfide) groups is 1. The number of aliphatic carboxylic acids is 1. The number of rotatable bonds is 4. The van der Waals surface area contributed by atoms with Gasteiger partial charge >= 0.3 is 5.97 Å². The number of hydrogen-bond acceptors (Lipinski definition) is 2. The predicted octanol–water partition coefficient (Wildman–Crippen LogP) is 4.37. The lowest BCUT2D eigenvalue weighted by Crippen LogP contribution is -2.37. The fourth-order valence-corrected chi connectivity index (χ4v) is 4.09. The van der Waals surface area contributed by atoms with Gasteiger partial charge in [0.25, 0.3) is 0 Å². The Morgan fingerprint density at radius 2 is 1.95 bits per heavy atom. The highest BCUT2D eigenvalue weighted by atomic mass is 32.2. The van der Waals surface area contributed by atoms with E-state index in [1.165, 1.54) is 6.07 Å². The Balaban J connectivity index is 1.90. The molecular formula is C16H19FO2S. The number of carbonyl (C=O) groups is 1. The van der Waals surface area contributed by atoms with Crippen LogP contribution in [-0.4, -0.2) is 16.3 Å². The van der Waals surface area contributed by atoms with Crippen molar-refractivity contribution in [3.8, 4) is 0 Å². The molecule has 20 heavy (non-hydrogen) atoms. The molecule has 2 fully saturated rings. The average Bonchev–Trinajstić information content (AvgIpc) is 3.25. The number of benzene rings is 1. The maximum atomic E-state index is 14.2. The standard InChI is InChI=1S/C16H19FO2S/c17-13-10-11(4-7-14(13)20-12-5-6-12)16(15(18)19)8-2-1-3-9-16/h4,7,10,12H,1-3,5-6,8-9H2,(H,18,19). The molecule has 2 aliphatic carbocycles. The first-order chi connectivity index (χ1) is 9.62. The first-order valence-electron chi connectivity index (χ1n) is 7.32. The maximum absolute atomic E-state index is 14.2. The van der Waals surface area contributed by atoms with E-state index in [1.807, 2.05) is 6.07 Å². The highest BCUT2D eigenvalue weighted by Gasteiger charge is 2.41. The van der Waals surface area contributed by atoms with E-state index in [4.69, 9.17) is 0 Å². The minimum Gasteiger partial charge on any atom is -0.481 e. The Labute approximate surface area is 122 Å². The van der Waals surface area contributed by atoms with E-state index in [0.29, 0.717) is 28.6 Å². The van der Waals surface area contributed by atoms with Crippen molar-refractivity contribution in [3.63, 3.8) is 0 Å². The molecule has 3 rings (SSSR count). The van der Waals surface area contributed by atoms with E-state index in [-0.39, 0.29) is 5.82 Å². The normalized spacial score (nSPS) is 21.6. The fraction of sp³-hybridized carbons (Fsp3) is 0.562. The second-order valence-electron chi connectivity index (χ2n) is 5.91. The van der Waals surface area contributed by atoms with Crippen LogP contribution in [0.25, 0.3) is 0 Å². The smallest absolute Gasteiger partial charge is 0.314 e. The van der Waals surface area contributed by atoms with Crippen molar-refractivity contribution >= 4 is 17.7 Å².